The standard InChI is InChI=1S/C15H20F3NO/c1-14(2,3)13(20)12(19(4)5)10-8-6-7-9-11(10)15(16,17)18/h6-9,12H,1-5H3. The van der Waals surface area contributed by atoms with Gasteiger partial charge in [-0.1, -0.05) is 39.0 Å². The molecule has 1 atom stereocenters. The van der Waals surface area contributed by atoms with Crippen LogP contribution in [0.4, 0.5) is 13.2 Å². The average molecular weight is 287 g/mol. The van der Waals surface area contributed by atoms with Crippen LogP contribution < -0.4 is 0 Å². The number of halogens is 3. The van der Waals surface area contributed by atoms with E-state index in [0.29, 0.717) is 0 Å². The maximum atomic E-state index is 13.1. The SMILES string of the molecule is CN(C)C(C(=O)C(C)(C)C)c1ccccc1C(F)(F)F. The third kappa shape index (κ3) is 3.60. The van der Waals surface area contributed by atoms with Crippen LogP contribution >= 0.6 is 0 Å². The molecule has 0 fully saturated rings. The Labute approximate surface area is 117 Å². The molecule has 1 aromatic rings. The molecule has 0 N–H and O–H groups in total. The maximum absolute atomic E-state index is 13.1. The van der Waals surface area contributed by atoms with Crippen LogP contribution in [-0.4, -0.2) is 24.8 Å². The lowest BCUT2D eigenvalue weighted by Gasteiger charge is -2.31. The van der Waals surface area contributed by atoms with Gasteiger partial charge in [-0.3, -0.25) is 9.69 Å². The summed E-state index contributed by atoms with van der Waals surface area (Å²) >= 11 is 0. The minimum Gasteiger partial charge on any atom is -0.297 e. The molecule has 0 aliphatic heterocycles. The number of ketones is 1. The van der Waals surface area contributed by atoms with Crippen molar-refractivity contribution in [1.82, 2.24) is 4.90 Å². The van der Waals surface area contributed by atoms with E-state index in [9.17, 15) is 18.0 Å². The molecule has 0 aromatic heterocycles. The van der Waals surface area contributed by atoms with Gasteiger partial charge in [-0.05, 0) is 25.7 Å². The molecule has 1 rings (SSSR count). The predicted molar refractivity (Wildman–Crippen MR) is 72.3 cm³/mol. The van der Waals surface area contributed by atoms with Gasteiger partial charge >= 0.3 is 6.18 Å². The van der Waals surface area contributed by atoms with Crippen molar-refractivity contribution in [3.05, 3.63) is 35.4 Å². The molecule has 1 aromatic carbocycles. The molecule has 0 amide bonds. The Morgan fingerprint density at radius 3 is 2.00 bits per heavy atom. The van der Waals surface area contributed by atoms with E-state index in [1.54, 1.807) is 34.9 Å². The molecular weight excluding hydrogens is 267 g/mol. The molecule has 0 saturated heterocycles. The normalized spacial score (nSPS) is 14.4. The van der Waals surface area contributed by atoms with Crippen molar-refractivity contribution in [3.63, 3.8) is 0 Å². The monoisotopic (exact) mass is 287 g/mol. The van der Waals surface area contributed by atoms with E-state index in [-0.39, 0.29) is 11.3 Å². The summed E-state index contributed by atoms with van der Waals surface area (Å²) in [5, 5.41) is 0. The van der Waals surface area contributed by atoms with E-state index in [1.807, 2.05) is 0 Å². The first-order chi connectivity index (χ1) is 8.96. The number of hydrogen-bond donors (Lipinski definition) is 0. The second-order valence-electron chi connectivity index (χ2n) is 6.07. The van der Waals surface area contributed by atoms with Gasteiger partial charge in [0.25, 0.3) is 0 Å². The number of hydrogen-bond acceptors (Lipinski definition) is 2. The Bertz CT molecular complexity index is 487. The molecule has 0 radical (unpaired) electrons. The highest BCUT2D eigenvalue weighted by atomic mass is 19.4. The van der Waals surface area contributed by atoms with E-state index in [2.05, 4.69) is 0 Å². The first-order valence-electron chi connectivity index (χ1n) is 6.33. The van der Waals surface area contributed by atoms with Crippen molar-refractivity contribution in [3.8, 4) is 0 Å². The van der Waals surface area contributed by atoms with Gasteiger partial charge in [-0.25, -0.2) is 0 Å². The molecular formula is C15H20F3NO. The molecule has 0 aliphatic rings. The van der Waals surface area contributed by atoms with Gasteiger partial charge in [-0.15, -0.1) is 0 Å². The lowest BCUT2D eigenvalue weighted by Crippen LogP contribution is -2.36. The highest BCUT2D eigenvalue weighted by Crippen LogP contribution is 2.38. The van der Waals surface area contributed by atoms with Gasteiger partial charge in [0.2, 0.25) is 0 Å². The van der Waals surface area contributed by atoms with Gasteiger partial charge in [0.05, 0.1) is 11.6 Å². The number of carbonyl (C=O) groups is 1. The van der Waals surface area contributed by atoms with Gasteiger partial charge in [0.1, 0.15) is 0 Å². The zero-order chi connectivity index (χ0) is 15.7. The summed E-state index contributed by atoms with van der Waals surface area (Å²) in [7, 11) is 3.23. The van der Waals surface area contributed by atoms with Crippen molar-refractivity contribution in [2.45, 2.75) is 33.0 Å². The maximum Gasteiger partial charge on any atom is 0.416 e. The second-order valence-corrected chi connectivity index (χ2v) is 6.07. The molecule has 112 valence electrons. The van der Waals surface area contributed by atoms with E-state index in [4.69, 9.17) is 0 Å². The number of nitrogens with zero attached hydrogens (tertiary/aromatic N) is 1. The Kier molecular flexibility index (Phi) is 4.64. The Morgan fingerprint density at radius 2 is 1.60 bits per heavy atom. The van der Waals surface area contributed by atoms with E-state index in [0.717, 1.165) is 6.07 Å². The smallest absolute Gasteiger partial charge is 0.297 e. The first-order valence-corrected chi connectivity index (χ1v) is 6.33. The highest BCUT2D eigenvalue weighted by molar-refractivity contribution is 5.90. The molecule has 2 nitrogen and oxygen atoms in total. The number of rotatable bonds is 3. The highest BCUT2D eigenvalue weighted by Gasteiger charge is 2.39. The summed E-state index contributed by atoms with van der Waals surface area (Å²) in [6.07, 6.45) is -4.47. The third-order valence-corrected chi connectivity index (χ3v) is 3.06. The molecule has 1 unspecified atom stereocenters. The van der Waals surface area contributed by atoms with Crippen molar-refractivity contribution in [2.24, 2.45) is 5.41 Å². The van der Waals surface area contributed by atoms with Crippen LogP contribution in [0.15, 0.2) is 24.3 Å². The molecule has 0 aliphatic carbocycles. The summed E-state index contributed by atoms with van der Waals surface area (Å²) in [5.41, 5.74) is -1.46. The van der Waals surface area contributed by atoms with Crippen LogP contribution in [0.2, 0.25) is 0 Å². The van der Waals surface area contributed by atoms with Crippen molar-refractivity contribution in [1.29, 1.82) is 0 Å². The van der Waals surface area contributed by atoms with Crippen LogP contribution in [0.1, 0.15) is 37.9 Å². The van der Waals surface area contributed by atoms with E-state index >= 15 is 0 Å². The van der Waals surface area contributed by atoms with Gasteiger partial charge < -0.3 is 0 Å². The minimum absolute atomic E-state index is 0.00456. The van der Waals surface area contributed by atoms with Crippen molar-refractivity contribution < 1.29 is 18.0 Å². The summed E-state index contributed by atoms with van der Waals surface area (Å²) in [6.45, 7) is 5.13. The Balaban J connectivity index is 3.42. The van der Waals surface area contributed by atoms with Crippen LogP contribution in [0.3, 0.4) is 0 Å². The average Bonchev–Trinajstić information content (AvgIpc) is 2.26. The summed E-state index contributed by atoms with van der Waals surface area (Å²) in [6, 6.07) is 4.34. The lowest BCUT2D eigenvalue weighted by atomic mass is 9.82. The van der Waals surface area contributed by atoms with Crippen LogP contribution in [0, 0.1) is 5.41 Å². The molecule has 5 heteroatoms. The topological polar surface area (TPSA) is 20.3 Å². The fourth-order valence-corrected chi connectivity index (χ4v) is 2.06. The molecule has 0 heterocycles. The molecule has 20 heavy (non-hydrogen) atoms. The lowest BCUT2D eigenvalue weighted by molar-refractivity contribution is -0.140. The summed E-state index contributed by atoms with van der Waals surface area (Å²) < 4.78 is 39.3. The zero-order valence-electron chi connectivity index (χ0n) is 12.4. The van der Waals surface area contributed by atoms with E-state index in [1.165, 1.54) is 23.1 Å². The fourth-order valence-electron chi connectivity index (χ4n) is 2.06. The number of benzene rings is 1. The molecule has 0 saturated carbocycles. The van der Waals surface area contributed by atoms with Crippen molar-refractivity contribution >= 4 is 5.78 Å². The molecule has 0 bridgehead atoms. The quantitative estimate of drug-likeness (QED) is 0.839. The number of alkyl halides is 3. The number of likely N-dealkylation sites (N-methyl/N-ethyl adjacent to an activating group) is 1. The number of Topliss-reactive ketones (excluding diaryl/α,β-unsaturated/α-hetero) is 1. The minimum atomic E-state index is -4.47. The Hall–Kier alpha value is -1.36. The largest absolute Gasteiger partial charge is 0.416 e. The van der Waals surface area contributed by atoms with Gasteiger partial charge in [-0.2, -0.15) is 13.2 Å². The predicted octanol–water partition coefficient (Wildman–Crippen LogP) is 3.92. The Morgan fingerprint density at radius 1 is 1.10 bits per heavy atom. The molecule has 0 spiro atoms. The third-order valence-electron chi connectivity index (χ3n) is 3.06. The van der Waals surface area contributed by atoms with Crippen LogP contribution in [0.5, 0.6) is 0 Å². The first kappa shape index (κ1) is 16.7. The van der Waals surface area contributed by atoms with Crippen LogP contribution in [0.25, 0.3) is 0 Å². The van der Waals surface area contributed by atoms with Gasteiger partial charge in [0.15, 0.2) is 5.78 Å². The summed E-state index contributed by atoms with van der Waals surface area (Å²) in [5.74, 6) is -0.237. The number of carbonyl (C=O) groups excluding carboxylic acids is 1. The van der Waals surface area contributed by atoms with E-state index < -0.39 is 23.2 Å². The van der Waals surface area contributed by atoms with Gasteiger partial charge in [0, 0.05) is 5.41 Å². The second kappa shape index (κ2) is 5.56. The fraction of sp³-hybridized carbons (Fsp3) is 0.533. The van der Waals surface area contributed by atoms with Crippen molar-refractivity contribution in [2.75, 3.05) is 14.1 Å². The summed E-state index contributed by atoms with van der Waals surface area (Å²) in [4.78, 5) is 14.0. The zero-order valence-corrected chi connectivity index (χ0v) is 12.4. The van der Waals surface area contributed by atoms with Crippen LogP contribution in [-0.2, 0) is 11.0 Å².